The van der Waals surface area contributed by atoms with Crippen molar-refractivity contribution in [3.63, 3.8) is 0 Å². The van der Waals surface area contributed by atoms with Crippen molar-refractivity contribution < 1.29 is 38.4 Å². The van der Waals surface area contributed by atoms with Crippen molar-refractivity contribution in [3.05, 3.63) is 136 Å². The first-order valence-electron chi connectivity index (χ1n) is 28.6. The van der Waals surface area contributed by atoms with Crippen LogP contribution in [0.15, 0.2) is 91.0 Å². The molecule has 0 radical (unpaired) electrons. The molecule has 2 aliphatic heterocycles. The van der Waals surface area contributed by atoms with Gasteiger partial charge in [0.1, 0.15) is 24.2 Å². The fourth-order valence-corrected chi connectivity index (χ4v) is 11.6. The lowest BCUT2D eigenvalue weighted by Crippen LogP contribution is -2.62. The standard InChI is InChI=1S/C63H82N10O8/c1-36(64-9)54(74)70-52(62(3,4)5)60(80)72-34-42-29-30-44(31-43(42)32-50(72)58(78)68-48-23-15-19-38-17-11-13-21-46(38)48)66-56(76)40-25-27-41(28-26-40)57(77)67-45-33-51(59(79)69-49-24-16-20-39-18-12-14-22-47(39)49)73(35-45)61(81)53(63(6,7)8)71-55(75)37(2)65-10/h11-14,17-18,21-22,25-31,36-37,45,48-53,64-65H,15-16,19-20,23-24,32-35H2,1-10H3,(H,66,76)(H,67,77)(H,68,78)(H,69,79)(H,70,74)(H,71,75)/t36-,37-,45?,48?,49?,50?,51?,52?,53?/m0/s1. The molecule has 1 fully saturated rings. The van der Waals surface area contributed by atoms with Crippen molar-refractivity contribution in [1.29, 1.82) is 0 Å². The van der Waals surface area contributed by atoms with E-state index in [2.05, 4.69) is 54.7 Å². The molecule has 0 bridgehead atoms. The fraction of sp³-hybridized carbons (Fsp3) is 0.492. The van der Waals surface area contributed by atoms with E-state index in [1.165, 1.54) is 16.0 Å². The molecule has 1 saturated heterocycles. The van der Waals surface area contributed by atoms with Crippen LogP contribution in [0.3, 0.4) is 0 Å². The van der Waals surface area contributed by atoms with E-state index in [0.29, 0.717) is 5.69 Å². The second-order valence-corrected chi connectivity index (χ2v) is 24.6. The van der Waals surface area contributed by atoms with E-state index in [1.54, 1.807) is 63.2 Å². The molecule has 18 heteroatoms. The van der Waals surface area contributed by atoms with E-state index in [1.807, 2.05) is 90.1 Å². The van der Waals surface area contributed by atoms with Crippen LogP contribution in [0.5, 0.6) is 0 Å². The van der Waals surface area contributed by atoms with Gasteiger partial charge in [-0.2, -0.15) is 0 Å². The number of fused-ring (bicyclic) bond motifs is 3. The third-order valence-corrected chi connectivity index (χ3v) is 16.6. The lowest BCUT2D eigenvalue weighted by molar-refractivity contribution is -0.147. The Labute approximate surface area is 476 Å². The number of hydrogen-bond donors (Lipinski definition) is 8. The van der Waals surface area contributed by atoms with E-state index in [9.17, 15) is 38.4 Å². The fourth-order valence-electron chi connectivity index (χ4n) is 11.6. The second kappa shape index (κ2) is 25.1. The Morgan fingerprint density at radius 1 is 0.543 bits per heavy atom. The molecule has 4 aliphatic rings. The normalized spacial score (nSPS) is 21.1. The SMILES string of the molecule is CN[C@@H](C)C(=O)NC(C(=O)N1Cc2ccc(NC(=O)c3ccc(C(=O)NC4CC(C(=O)NC5CCCc6ccccc65)N(C(=O)C(NC(=O)[C@H](C)NC)C(C)(C)C)C4)cc3)cc2CC1C(=O)NC1CCCc2ccccc21)C(C)(C)C. The van der Waals surface area contributed by atoms with Gasteiger partial charge in [0.05, 0.1) is 24.2 Å². The molecule has 0 aromatic heterocycles. The van der Waals surface area contributed by atoms with Gasteiger partial charge >= 0.3 is 0 Å². The van der Waals surface area contributed by atoms with Gasteiger partial charge in [0, 0.05) is 42.4 Å². The van der Waals surface area contributed by atoms with Crippen LogP contribution in [0.25, 0.3) is 0 Å². The molecule has 432 valence electrons. The van der Waals surface area contributed by atoms with Gasteiger partial charge in [-0.1, -0.05) is 96.1 Å². The minimum atomic E-state index is -0.976. The maximum atomic E-state index is 14.8. The molecular weight excluding hydrogens is 1020 g/mol. The summed E-state index contributed by atoms with van der Waals surface area (Å²) in [4.78, 5) is 116. The summed E-state index contributed by atoms with van der Waals surface area (Å²) in [5.74, 6) is -3.04. The predicted octanol–water partition coefficient (Wildman–Crippen LogP) is 5.56. The van der Waals surface area contributed by atoms with Gasteiger partial charge in [-0.05, 0) is 153 Å². The number of benzene rings is 4. The van der Waals surface area contributed by atoms with Gasteiger partial charge < -0.3 is 52.3 Å². The van der Waals surface area contributed by atoms with E-state index >= 15 is 0 Å². The third-order valence-electron chi connectivity index (χ3n) is 16.6. The zero-order valence-corrected chi connectivity index (χ0v) is 48.6. The van der Waals surface area contributed by atoms with Crippen LogP contribution < -0.4 is 42.5 Å². The first kappa shape index (κ1) is 59.7. The zero-order valence-electron chi connectivity index (χ0n) is 48.6. The highest BCUT2D eigenvalue weighted by Gasteiger charge is 2.47. The van der Waals surface area contributed by atoms with Gasteiger partial charge in [-0.25, -0.2) is 0 Å². The Morgan fingerprint density at radius 3 is 1.53 bits per heavy atom. The first-order valence-corrected chi connectivity index (χ1v) is 28.6. The van der Waals surface area contributed by atoms with Crippen LogP contribution in [-0.4, -0.2) is 120 Å². The summed E-state index contributed by atoms with van der Waals surface area (Å²) in [6.45, 7) is 14.7. The smallest absolute Gasteiger partial charge is 0.255 e. The van der Waals surface area contributed by atoms with Crippen molar-refractivity contribution in [2.24, 2.45) is 10.8 Å². The number of carbonyl (C=O) groups is 8. The Balaban J connectivity index is 0.972. The highest BCUT2D eigenvalue weighted by Crippen LogP contribution is 2.35. The monoisotopic (exact) mass is 1110 g/mol. The molecule has 8 N–H and O–H groups in total. The Morgan fingerprint density at radius 2 is 1.02 bits per heavy atom. The van der Waals surface area contributed by atoms with Crippen molar-refractivity contribution in [3.8, 4) is 0 Å². The van der Waals surface area contributed by atoms with Gasteiger partial charge in [0.2, 0.25) is 35.4 Å². The summed E-state index contributed by atoms with van der Waals surface area (Å²) in [6.07, 6.45) is 5.41. The zero-order chi connectivity index (χ0) is 58.5. The quantitative estimate of drug-likeness (QED) is 0.0696. The Kier molecular flexibility index (Phi) is 18.5. The van der Waals surface area contributed by atoms with Crippen molar-refractivity contribution >= 4 is 52.9 Å². The minimum absolute atomic E-state index is 0.0238. The van der Waals surface area contributed by atoms with Crippen LogP contribution in [0.1, 0.15) is 154 Å². The van der Waals surface area contributed by atoms with Crippen LogP contribution >= 0.6 is 0 Å². The molecule has 7 unspecified atom stereocenters. The molecule has 2 aliphatic carbocycles. The topological polar surface area (TPSA) is 239 Å². The lowest BCUT2D eigenvalue weighted by Gasteiger charge is -2.42. The average molecular weight is 1110 g/mol. The van der Waals surface area contributed by atoms with E-state index in [4.69, 9.17) is 0 Å². The number of likely N-dealkylation sites (N-methyl/N-ethyl adjacent to an activating group) is 2. The molecule has 0 spiro atoms. The molecule has 2 heterocycles. The summed E-state index contributed by atoms with van der Waals surface area (Å²) in [6, 6.07) is 21.7. The maximum absolute atomic E-state index is 14.8. The number of nitrogens with zero attached hydrogens (tertiary/aromatic N) is 2. The number of amides is 8. The molecule has 8 amide bonds. The molecule has 18 nitrogen and oxygen atoms in total. The summed E-state index contributed by atoms with van der Waals surface area (Å²) in [5.41, 5.74) is 5.61. The number of anilines is 1. The van der Waals surface area contributed by atoms with Gasteiger partial charge in [0.25, 0.3) is 11.8 Å². The van der Waals surface area contributed by atoms with Crippen molar-refractivity contribution in [1.82, 2.24) is 47.0 Å². The molecule has 4 aromatic carbocycles. The highest BCUT2D eigenvalue weighted by atomic mass is 16.2. The Hall–Kier alpha value is -7.44. The number of aryl methyl sites for hydroxylation is 2. The van der Waals surface area contributed by atoms with Crippen molar-refractivity contribution in [2.75, 3.05) is 26.0 Å². The van der Waals surface area contributed by atoms with Crippen LogP contribution in [0.2, 0.25) is 0 Å². The molecule has 81 heavy (non-hydrogen) atoms. The average Bonchev–Trinajstić information content (AvgIpc) is 3.90. The number of carbonyl (C=O) groups excluding carboxylic acids is 8. The lowest BCUT2D eigenvalue weighted by atomic mass is 9.83. The number of rotatable bonds is 16. The molecule has 4 aromatic rings. The van der Waals surface area contributed by atoms with Gasteiger partial charge in [-0.3, -0.25) is 38.4 Å². The van der Waals surface area contributed by atoms with Crippen molar-refractivity contribution in [2.45, 2.75) is 168 Å². The van der Waals surface area contributed by atoms with E-state index in [0.717, 1.165) is 60.8 Å². The number of nitrogens with one attached hydrogen (secondary N) is 8. The second-order valence-electron chi connectivity index (χ2n) is 24.6. The number of hydrogen-bond acceptors (Lipinski definition) is 10. The predicted molar refractivity (Wildman–Crippen MR) is 311 cm³/mol. The molecule has 9 atom stereocenters. The highest BCUT2D eigenvalue weighted by molar-refractivity contribution is 6.05. The molecule has 8 rings (SSSR count). The van der Waals surface area contributed by atoms with Crippen LogP contribution in [-0.2, 0) is 54.6 Å². The summed E-state index contributed by atoms with van der Waals surface area (Å²) in [5, 5.41) is 24.3. The summed E-state index contributed by atoms with van der Waals surface area (Å²) >= 11 is 0. The van der Waals surface area contributed by atoms with Gasteiger partial charge in [-0.15, -0.1) is 0 Å². The minimum Gasteiger partial charge on any atom is -0.347 e. The summed E-state index contributed by atoms with van der Waals surface area (Å²) < 4.78 is 0. The largest absolute Gasteiger partial charge is 0.347 e. The maximum Gasteiger partial charge on any atom is 0.255 e. The van der Waals surface area contributed by atoms with E-state index < -0.39 is 70.8 Å². The molecular formula is C63H82N10O8. The van der Waals surface area contributed by atoms with E-state index in [-0.39, 0.29) is 78.7 Å². The van der Waals surface area contributed by atoms with Crippen LogP contribution in [0.4, 0.5) is 5.69 Å². The molecule has 0 saturated carbocycles. The first-order chi connectivity index (χ1) is 38.4. The third kappa shape index (κ3) is 13.8. The Bertz CT molecular complexity index is 3020. The van der Waals surface area contributed by atoms with Gasteiger partial charge in [0.15, 0.2) is 0 Å². The van der Waals surface area contributed by atoms with Crippen LogP contribution in [0, 0.1) is 10.8 Å². The summed E-state index contributed by atoms with van der Waals surface area (Å²) in [7, 11) is 3.33. The number of likely N-dealkylation sites (tertiary alicyclic amines) is 1.